The normalized spacial score (nSPS) is 13.0. The first-order valence-corrected chi connectivity index (χ1v) is 29.6. The summed E-state index contributed by atoms with van der Waals surface area (Å²) >= 11 is 0. The number of benzene rings is 6. The summed E-state index contributed by atoms with van der Waals surface area (Å²) in [5, 5.41) is 0. The third-order valence-electron chi connectivity index (χ3n) is 10.6. The third-order valence-corrected chi connectivity index (χ3v) is 18.7. The molecule has 0 atom stereocenters. The highest BCUT2D eigenvalue weighted by molar-refractivity contribution is 7.79. The molecule has 0 saturated carbocycles. The molecule has 84 heavy (non-hydrogen) atoms. The van der Waals surface area contributed by atoms with Gasteiger partial charge in [-0.05, 0) is 146 Å². The van der Waals surface area contributed by atoms with E-state index in [4.69, 9.17) is 69.1 Å². The van der Waals surface area contributed by atoms with Crippen LogP contribution in [0.5, 0.6) is 34.5 Å². The summed E-state index contributed by atoms with van der Waals surface area (Å²) in [4.78, 5) is 78.2. The van der Waals surface area contributed by atoms with Crippen LogP contribution in [0.25, 0.3) is 0 Å². The Kier molecular flexibility index (Phi) is 21.8. The van der Waals surface area contributed by atoms with Crippen molar-refractivity contribution in [3.05, 3.63) is 255 Å². The first-order valence-electron chi connectivity index (χ1n) is 25.0. The van der Waals surface area contributed by atoms with Crippen molar-refractivity contribution in [2.45, 2.75) is 0 Å². The van der Waals surface area contributed by atoms with Crippen molar-refractivity contribution < 1.29 is 84.3 Å². The Balaban J connectivity index is 1.56. The first kappa shape index (κ1) is 61.7. The van der Waals surface area contributed by atoms with E-state index in [0.29, 0.717) is 0 Å². The number of esters is 6. The zero-order valence-corrected chi connectivity index (χ0v) is 47.5. The Labute approximate surface area is 483 Å². The van der Waals surface area contributed by atoms with Gasteiger partial charge in [0.05, 0.1) is 33.4 Å². The van der Waals surface area contributed by atoms with Crippen LogP contribution in [-0.2, 0) is 28.4 Å². The number of hydrogen-bond donors (Lipinski definition) is 0. The molecule has 0 amide bonds. The van der Waals surface area contributed by atoms with E-state index in [1.807, 2.05) is 0 Å². The quantitative estimate of drug-likeness (QED) is 0.0176. The average molecular weight is 1200 g/mol. The lowest BCUT2D eigenvalue weighted by Crippen LogP contribution is -2.12. The molecule has 24 heteroatoms. The number of rotatable bonds is 30. The predicted molar refractivity (Wildman–Crippen MR) is 313 cm³/mol. The summed E-state index contributed by atoms with van der Waals surface area (Å²) in [5.41, 5.74) is 0.713. The Morgan fingerprint density at radius 3 is 0.512 bits per heavy atom. The molecule has 1 aliphatic rings. The molecule has 0 aliphatic carbocycles. The zero-order valence-electron chi connectivity index (χ0n) is 44.8. The maximum absolute atomic E-state index is 13.0. The van der Waals surface area contributed by atoms with Crippen LogP contribution >= 0.6 is 23.0 Å². The zero-order chi connectivity index (χ0) is 60.0. The van der Waals surface area contributed by atoms with Crippen molar-refractivity contribution in [3.63, 3.8) is 0 Å². The van der Waals surface area contributed by atoms with Gasteiger partial charge < -0.3 is 55.6 Å². The van der Waals surface area contributed by atoms with Gasteiger partial charge in [-0.15, -0.1) is 0 Å². The lowest BCUT2D eigenvalue weighted by molar-refractivity contribution is 0.0540. The van der Waals surface area contributed by atoms with Crippen LogP contribution in [0.3, 0.4) is 0 Å². The largest absolute Gasteiger partial charge is 0.460 e. The SMILES string of the molecule is C=CCOC(=O)c1ccc(OP2(Oc3ccc(C(=O)OCC=C)cc3)=NP(Oc3ccc(C(=O)OCC=C)cc3)(Oc3ccc(C(=O)OCC=C)cc3)=NP(Oc3ccc(C(=O)OCC=C)cc3)(Oc3ccc(C(=O)OCC=C)cc3)=N2)cc1. The molecule has 0 unspecified atom stereocenters. The third kappa shape index (κ3) is 17.1. The fraction of sp³-hybridized carbons (Fsp3) is 0.100. The maximum atomic E-state index is 13.0. The Morgan fingerprint density at radius 2 is 0.393 bits per heavy atom. The smallest absolute Gasteiger partial charge is 0.458 e. The summed E-state index contributed by atoms with van der Waals surface area (Å²) in [6, 6.07) is 33.9. The minimum absolute atomic E-state index is 0.0200. The van der Waals surface area contributed by atoms with Gasteiger partial charge in [0, 0.05) is 0 Å². The van der Waals surface area contributed by atoms with E-state index in [1.54, 1.807) is 0 Å². The molecule has 0 N–H and O–H groups in total. The number of carbonyl (C=O) groups excluding carboxylic acids is 6. The van der Waals surface area contributed by atoms with Crippen molar-refractivity contribution in [1.82, 2.24) is 0 Å². The molecule has 0 spiro atoms. The van der Waals surface area contributed by atoms with Gasteiger partial charge in [-0.1, -0.05) is 89.5 Å². The molecule has 7 rings (SSSR count). The van der Waals surface area contributed by atoms with Gasteiger partial charge in [0.2, 0.25) is 0 Å². The fourth-order valence-corrected chi connectivity index (χ4v) is 15.9. The van der Waals surface area contributed by atoms with Crippen LogP contribution in [0.2, 0.25) is 0 Å². The van der Waals surface area contributed by atoms with Crippen molar-refractivity contribution in [3.8, 4) is 34.5 Å². The van der Waals surface area contributed by atoms with Gasteiger partial charge >= 0.3 is 58.8 Å². The van der Waals surface area contributed by atoms with Gasteiger partial charge in [0.15, 0.2) is 0 Å². The van der Waals surface area contributed by atoms with Crippen LogP contribution in [-0.4, -0.2) is 75.5 Å². The van der Waals surface area contributed by atoms with Gasteiger partial charge in [0.1, 0.15) is 74.1 Å². The predicted octanol–water partition coefficient (Wildman–Crippen LogP) is 14.4. The molecular formula is C60H54N3O18P3. The standard InChI is InChI=1S/C60H54N3O18P3/c1-7-37-70-55(64)43-13-25-49(26-14-43)76-82(77-50-27-15-44(16-28-50)56(65)71-38-8-2)61-83(78-51-29-17-45(18-30-51)57(66)72-39-9-3,79-52-31-19-46(20-32-52)58(67)73-40-10-4)63-84(62-82,80-53-33-21-47(22-34-53)59(68)74-41-11-5)81-54-35-23-48(24-36-54)60(69)75-42-12-6/h7-36H,1-6,37-42H2. The van der Waals surface area contributed by atoms with E-state index >= 15 is 0 Å². The van der Waals surface area contributed by atoms with E-state index < -0.39 is 58.8 Å². The summed E-state index contributed by atoms with van der Waals surface area (Å²) in [5.74, 6) is -4.21. The van der Waals surface area contributed by atoms with E-state index in [9.17, 15) is 28.8 Å². The Hall–Kier alpha value is -9.93. The highest BCUT2D eigenvalue weighted by Gasteiger charge is 2.49. The summed E-state index contributed by atoms with van der Waals surface area (Å²) in [6.07, 6.45) is 8.46. The van der Waals surface area contributed by atoms with Crippen LogP contribution in [0.4, 0.5) is 0 Å². The molecule has 6 aromatic rings. The molecule has 432 valence electrons. The highest BCUT2D eigenvalue weighted by atomic mass is 31.3. The van der Waals surface area contributed by atoms with Gasteiger partial charge in [-0.3, -0.25) is 0 Å². The Bertz CT molecular complexity index is 2990. The molecule has 0 bridgehead atoms. The summed E-state index contributed by atoms with van der Waals surface area (Å²) in [7, 11) is -14.2. The first-order chi connectivity index (χ1) is 40.6. The lowest BCUT2D eigenvalue weighted by atomic mass is 10.2. The number of ether oxygens (including phenoxy) is 6. The molecule has 21 nitrogen and oxygen atoms in total. The second-order valence-electron chi connectivity index (χ2n) is 16.8. The van der Waals surface area contributed by atoms with Gasteiger partial charge in [-0.25, -0.2) is 28.8 Å². The maximum Gasteiger partial charge on any atom is 0.460 e. The molecule has 1 aliphatic heterocycles. The lowest BCUT2D eigenvalue weighted by Gasteiger charge is -2.33. The molecule has 6 aromatic carbocycles. The van der Waals surface area contributed by atoms with Crippen LogP contribution < -0.4 is 27.1 Å². The van der Waals surface area contributed by atoms with E-state index in [-0.39, 0.29) is 108 Å². The van der Waals surface area contributed by atoms with Crippen molar-refractivity contribution in [1.29, 1.82) is 0 Å². The average Bonchev–Trinajstić information content (AvgIpc) is 1.31. The van der Waals surface area contributed by atoms with E-state index in [1.165, 1.54) is 182 Å². The topological polar surface area (TPSA) is 250 Å². The van der Waals surface area contributed by atoms with Crippen molar-refractivity contribution in [2.75, 3.05) is 39.6 Å². The fourth-order valence-electron chi connectivity index (χ4n) is 6.80. The number of hydrogen-bond acceptors (Lipinski definition) is 21. The van der Waals surface area contributed by atoms with Crippen LogP contribution in [0.15, 0.2) is 235 Å². The monoisotopic (exact) mass is 1200 g/mol. The minimum Gasteiger partial charge on any atom is -0.458 e. The number of nitrogens with zero attached hydrogens (tertiary/aromatic N) is 3. The van der Waals surface area contributed by atoms with Gasteiger partial charge in [0.25, 0.3) is 0 Å². The second-order valence-corrected chi connectivity index (χ2v) is 22.9. The second kappa shape index (κ2) is 29.7. The molecule has 0 radical (unpaired) electrons. The van der Waals surface area contributed by atoms with Gasteiger partial charge in [-0.2, -0.15) is 0 Å². The summed E-state index contributed by atoms with van der Waals surface area (Å²) < 4.78 is 88.4. The Morgan fingerprint density at radius 1 is 0.262 bits per heavy atom. The van der Waals surface area contributed by atoms with Crippen LogP contribution in [0, 0.1) is 0 Å². The molecule has 1 heterocycles. The number of carbonyl (C=O) groups is 6. The van der Waals surface area contributed by atoms with Crippen molar-refractivity contribution >= 4 is 58.8 Å². The van der Waals surface area contributed by atoms with E-state index in [2.05, 4.69) is 39.5 Å². The minimum atomic E-state index is -4.73. The highest BCUT2D eigenvalue weighted by Crippen LogP contribution is 2.78. The molecular weight excluding hydrogens is 1140 g/mol. The summed E-state index contributed by atoms with van der Waals surface area (Å²) in [6.45, 7) is 21.2. The van der Waals surface area contributed by atoms with Crippen LogP contribution in [0.1, 0.15) is 62.1 Å². The van der Waals surface area contributed by atoms with E-state index in [0.717, 1.165) is 0 Å². The molecule has 0 aromatic heterocycles. The van der Waals surface area contributed by atoms with Crippen molar-refractivity contribution in [2.24, 2.45) is 13.5 Å². The molecule has 0 saturated heterocycles. The molecule has 0 fully saturated rings.